The van der Waals surface area contributed by atoms with Gasteiger partial charge in [-0.15, -0.1) is 24.0 Å². The third kappa shape index (κ3) is 7.67. The minimum atomic E-state index is -0.147. The summed E-state index contributed by atoms with van der Waals surface area (Å²) in [6, 6.07) is 6.75. The van der Waals surface area contributed by atoms with Gasteiger partial charge in [-0.25, -0.2) is 4.98 Å². The zero-order valence-corrected chi connectivity index (χ0v) is 19.6. The van der Waals surface area contributed by atoms with E-state index in [9.17, 15) is 4.79 Å². The zero-order chi connectivity index (χ0) is 19.9. The van der Waals surface area contributed by atoms with Gasteiger partial charge in [0.1, 0.15) is 5.76 Å². The number of nitrogens with zero attached hydrogens (tertiary/aromatic N) is 2. The van der Waals surface area contributed by atoms with Crippen LogP contribution < -0.4 is 16.0 Å². The highest BCUT2D eigenvalue weighted by Crippen LogP contribution is 2.22. The molecule has 3 N–H and O–H groups in total. The molecule has 0 atom stereocenters. The lowest BCUT2D eigenvalue weighted by Crippen LogP contribution is -2.41. The molecule has 1 aromatic carbocycles. The van der Waals surface area contributed by atoms with Gasteiger partial charge >= 0.3 is 0 Å². The molecule has 9 heteroatoms. The lowest BCUT2D eigenvalue weighted by Gasteiger charge is -2.13. The molecule has 0 unspecified atom stereocenters. The van der Waals surface area contributed by atoms with E-state index in [0.717, 1.165) is 5.76 Å². The van der Waals surface area contributed by atoms with E-state index in [1.165, 1.54) is 0 Å². The molecule has 0 spiro atoms. The molecule has 0 aliphatic heterocycles. The van der Waals surface area contributed by atoms with Crippen molar-refractivity contribution in [3.8, 4) is 0 Å². The molecular weight excluding hydrogens is 493 g/mol. The van der Waals surface area contributed by atoms with E-state index < -0.39 is 0 Å². The van der Waals surface area contributed by atoms with Crippen molar-refractivity contribution in [3.05, 3.63) is 52.7 Å². The van der Waals surface area contributed by atoms with E-state index in [-0.39, 0.29) is 35.3 Å². The van der Waals surface area contributed by atoms with Crippen molar-refractivity contribution in [3.63, 3.8) is 0 Å². The molecule has 0 aliphatic carbocycles. The molecule has 2 rings (SSSR count). The van der Waals surface area contributed by atoms with E-state index in [0.29, 0.717) is 42.1 Å². The van der Waals surface area contributed by atoms with Crippen LogP contribution in [0.1, 0.15) is 42.8 Å². The summed E-state index contributed by atoms with van der Waals surface area (Å²) >= 11 is 5.82. The number of benzene rings is 1. The number of aromatic nitrogens is 1. The van der Waals surface area contributed by atoms with Gasteiger partial charge in [0, 0.05) is 36.1 Å². The van der Waals surface area contributed by atoms with E-state index >= 15 is 0 Å². The van der Waals surface area contributed by atoms with E-state index in [1.54, 1.807) is 37.5 Å². The number of halogens is 2. The SMILES string of the molecule is CN=C(NCCNC(=O)c1ccc(Cl)cc1)NCc1ncc(C(C)(C)C)o1.I. The van der Waals surface area contributed by atoms with Gasteiger partial charge in [-0.1, -0.05) is 32.4 Å². The lowest BCUT2D eigenvalue weighted by molar-refractivity contribution is 0.0954. The summed E-state index contributed by atoms with van der Waals surface area (Å²) in [5.41, 5.74) is 0.494. The highest BCUT2D eigenvalue weighted by Gasteiger charge is 2.19. The van der Waals surface area contributed by atoms with Crippen LogP contribution in [0.2, 0.25) is 5.02 Å². The second kappa shape index (κ2) is 11.3. The fraction of sp³-hybridized carbons (Fsp3) is 0.421. The van der Waals surface area contributed by atoms with E-state index in [1.807, 2.05) is 0 Å². The number of carbonyl (C=O) groups is 1. The van der Waals surface area contributed by atoms with Gasteiger partial charge in [0.15, 0.2) is 5.96 Å². The van der Waals surface area contributed by atoms with Crippen LogP contribution in [0.15, 0.2) is 39.9 Å². The van der Waals surface area contributed by atoms with Crippen LogP contribution in [0.3, 0.4) is 0 Å². The summed E-state index contributed by atoms with van der Waals surface area (Å²) in [6.45, 7) is 7.62. The Balaban J connectivity index is 0.00000392. The first-order valence-corrected chi connectivity index (χ1v) is 9.11. The number of aliphatic imine (C=N–C) groups is 1. The van der Waals surface area contributed by atoms with E-state index in [4.69, 9.17) is 16.0 Å². The first-order chi connectivity index (χ1) is 12.8. The molecule has 7 nitrogen and oxygen atoms in total. The van der Waals surface area contributed by atoms with Gasteiger partial charge in [-0.2, -0.15) is 0 Å². The van der Waals surface area contributed by atoms with E-state index in [2.05, 4.69) is 46.7 Å². The van der Waals surface area contributed by atoms with Crippen LogP contribution >= 0.6 is 35.6 Å². The predicted octanol–water partition coefficient (Wildman–Crippen LogP) is 3.34. The van der Waals surface area contributed by atoms with Gasteiger partial charge in [-0.3, -0.25) is 9.79 Å². The Bertz CT molecular complexity index is 784. The Labute approximate surface area is 187 Å². The van der Waals surface area contributed by atoms with Crippen molar-refractivity contribution in [1.29, 1.82) is 0 Å². The van der Waals surface area contributed by atoms with Crippen molar-refractivity contribution in [1.82, 2.24) is 20.9 Å². The number of guanidine groups is 1. The number of nitrogens with one attached hydrogen (secondary N) is 3. The minimum absolute atomic E-state index is 0. The predicted molar refractivity (Wildman–Crippen MR) is 123 cm³/mol. The Hall–Kier alpha value is -1.81. The quantitative estimate of drug-likeness (QED) is 0.236. The Morgan fingerprint density at radius 3 is 2.36 bits per heavy atom. The first-order valence-electron chi connectivity index (χ1n) is 8.73. The number of hydrogen-bond acceptors (Lipinski definition) is 4. The Kier molecular flexibility index (Phi) is 9.74. The number of carbonyl (C=O) groups excluding carboxylic acids is 1. The third-order valence-electron chi connectivity index (χ3n) is 3.73. The van der Waals surface area contributed by atoms with Crippen LogP contribution in [-0.4, -0.2) is 37.0 Å². The van der Waals surface area contributed by atoms with Crippen LogP contribution in [0.4, 0.5) is 0 Å². The number of hydrogen-bond donors (Lipinski definition) is 3. The number of oxazole rings is 1. The molecule has 28 heavy (non-hydrogen) atoms. The van der Waals surface area contributed by atoms with Crippen molar-refractivity contribution >= 4 is 47.4 Å². The fourth-order valence-corrected chi connectivity index (χ4v) is 2.30. The molecule has 2 aromatic rings. The van der Waals surface area contributed by atoms with Crippen LogP contribution in [0.25, 0.3) is 0 Å². The highest BCUT2D eigenvalue weighted by molar-refractivity contribution is 14.0. The molecule has 1 heterocycles. The average molecular weight is 520 g/mol. The fourth-order valence-electron chi connectivity index (χ4n) is 2.18. The van der Waals surface area contributed by atoms with Gasteiger partial charge in [0.25, 0.3) is 5.91 Å². The summed E-state index contributed by atoms with van der Waals surface area (Å²) in [5.74, 6) is 1.89. The molecule has 0 radical (unpaired) electrons. The molecule has 0 bridgehead atoms. The molecular formula is C19H27ClIN5O2. The van der Waals surface area contributed by atoms with Gasteiger partial charge in [0.05, 0.1) is 12.7 Å². The molecule has 1 aromatic heterocycles. The summed E-state index contributed by atoms with van der Waals surface area (Å²) in [7, 11) is 1.68. The summed E-state index contributed by atoms with van der Waals surface area (Å²) in [5, 5.41) is 9.69. The Morgan fingerprint density at radius 1 is 1.14 bits per heavy atom. The third-order valence-corrected chi connectivity index (χ3v) is 3.98. The maximum absolute atomic E-state index is 12.0. The van der Waals surface area contributed by atoms with Crippen LogP contribution in [0.5, 0.6) is 0 Å². The summed E-state index contributed by atoms with van der Waals surface area (Å²) in [6.07, 6.45) is 1.75. The van der Waals surface area contributed by atoms with Crippen molar-refractivity contribution in [2.45, 2.75) is 32.7 Å². The maximum Gasteiger partial charge on any atom is 0.251 e. The molecule has 1 amide bonds. The van der Waals surface area contributed by atoms with Crippen LogP contribution in [0, 0.1) is 0 Å². The van der Waals surface area contributed by atoms with Gasteiger partial charge in [0.2, 0.25) is 5.89 Å². The van der Waals surface area contributed by atoms with Crippen molar-refractivity contribution in [2.75, 3.05) is 20.1 Å². The maximum atomic E-state index is 12.0. The molecule has 154 valence electrons. The molecule has 0 fully saturated rings. The lowest BCUT2D eigenvalue weighted by atomic mass is 9.94. The summed E-state index contributed by atoms with van der Waals surface area (Å²) in [4.78, 5) is 20.4. The second-order valence-corrected chi connectivity index (χ2v) is 7.42. The monoisotopic (exact) mass is 519 g/mol. The average Bonchev–Trinajstić information content (AvgIpc) is 3.11. The normalized spacial score (nSPS) is 11.5. The number of rotatable bonds is 6. The highest BCUT2D eigenvalue weighted by atomic mass is 127. The van der Waals surface area contributed by atoms with Crippen molar-refractivity contribution in [2.24, 2.45) is 4.99 Å². The minimum Gasteiger partial charge on any atom is -0.443 e. The summed E-state index contributed by atoms with van der Waals surface area (Å²) < 4.78 is 5.73. The van der Waals surface area contributed by atoms with Crippen LogP contribution in [-0.2, 0) is 12.0 Å². The van der Waals surface area contributed by atoms with Gasteiger partial charge in [-0.05, 0) is 24.3 Å². The standard InChI is InChI=1S/C19H26ClN5O2.HI/c1-19(2,3)15-11-24-16(27-15)12-25-18(21-4)23-10-9-22-17(26)13-5-7-14(20)8-6-13;/h5-8,11H,9-10,12H2,1-4H3,(H,22,26)(H2,21,23,25);1H. The number of amides is 1. The smallest absolute Gasteiger partial charge is 0.251 e. The van der Waals surface area contributed by atoms with Crippen molar-refractivity contribution < 1.29 is 9.21 Å². The largest absolute Gasteiger partial charge is 0.443 e. The topological polar surface area (TPSA) is 91.5 Å². The molecule has 0 saturated carbocycles. The second-order valence-electron chi connectivity index (χ2n) is 6.98. The molecule has 0 saturated heterocycles. The zero-order valence-electron chi connectivity index (χ0n) is 16.5. The Morgan fingerprint density at radius 2 is 1.79 bits per heavy atom. The van der Waals surface area contributed by atoms with Gasteiger partial charge < -0.3 is 20.4 Å². The first kappa shape index (κ1) is 24.2. The molecule has 0 aliphatic rings.